The van der Waals surface area contributed by atoms with Crippen LogP contribution in [0.25, 0.3) is 0 Å². The van der Waals surface area contributed by atoms with Gasteiger partial charge in [0.15, 0.2) is 4.67 Å². The molecule has 2 aromatic carbocycles. The molecule has 0 saturated carbocycles. The van der Waals surface area contributed by atoms with Gasteiger partial charge in [-0.05, 0) is 74.3 Å². The minimum atomic E-state index is -4.39. The van der Waals surface area contributed by atoms with Gasteiger partial charge in [-0.2, -0.15) is 18.2 Å². The monoisotopic (exact) mass is 468 g/mol. The summed E-state index contributed by atoms with van der Waals surface area (Å²) in [6, 6.07) is 11.4. The summed E-state index contributed by atoms with van der Waals surface area (Å²) in [6.45, 7) is 5.94. The summed E-state index contributed by atoms with van der Waals surface area (Å²) in [5, 5.41) is 0.479. The first-order valence-electron chi connectivity index (χ1n) is 9.44. The normalized spacial score (nSPS) is 12.5. The summed E-state index contributed by atoms with van der Waals surface area (Å²) in [7, 11) is 0. The van der Waals surface area contributed by atoms with E-state index < -0.39 is 11.7 Å². The molecule has 0 atom stereocenters. The highest BCUT2D eigenvalue weighted by Gasteiger charge is 2.30. The number of rotatable bonds is 5. The molecule has 0 aliphatic rings. The topological polar surface area (TPSA) is 43.6 Å². The van der Waals surface area contributed by atoms with Crippen molar-refractivity contribution in [2.75, 3.05) is 0 Å². The molecule has 3 aromatic rings. The molecule has 4 nitrogen and oxygen atoms in total. The van der Waals surface area contributed by atoms with Crippen LogP contribution in [-0.4, -0.2) is 9.86 Å². The van der Waals surface area contributed by atoms with E-state index in [4.69, 9.17) is 16.3 Å². The first-order valence-corrected chi connectivity index (χ1v) is 10.6. The van der Waals surface area contributed by atoms with Crippen LogP contribution in [0.4, 0.5) is 13.2 Å². The fourth-order valence-electron chi connectivity index (χ4n) is 2.87. The molecule has 9 heteroatoms. The molecule has 3 rings (SSSR count). The van der Waals surface area contributed by atoms with Crippen LogP contribution in [-0.2, 0) is 17.4 Å². The van der Waals surface area contributed by atoms with Crippen molar-refractivity contribution in [2.45, 2.75) is 39.4 Å². The second kappa shape index (κ2) is 9.28. The minimum Gasteiger partial charge on any atom is -0.457 e. The van der Waals surface area contributed by atoms with E-state index in [2.05, 4.69) is 4.99 Å². The Morgan fingerprint density at radius 3 is 2.13 bits per heavy atom. The van der Waals surface area contributed by atoms with Gasteiger partial charge in [0.25, 0.3) is 5.91 Å². The molecule has 0 spiro atoms. The zero-order valence-corrected chi connectivity index (χ0v) is 18.6. The highest BCUT2D eigenvalue weighted by Crippen LogP contribution is 2.31. The highest BCUT2D eigenvalue weighted by molar-refractivity contribution is 7.04. The lowest BCUT2D eigenvalue weighted by molar-refractivity contribution is -0.137. The van der Waals surface area contributed by atoms with E-state index in [0.717, 1.165) is 23.4 Å². The van der Waals surface area contributed by atoms with Gasteiger partial charge >= 0.3 is 6.18 Å². The highest BCUT2D eigenvalue weighted by atomic mass is 35.5. The maximum absolute atomic E-state index is 12.6. The van der Waals surface area contributed by atoms with Crippen LogP contribution in [0.15, 0.2) is 53.5 Å². The van der Waals surface area contributed by atoms with Crippen molar-refractivity contribution in [1.82, 2.24) is 3.96 Å². The zero-order chi connectivity index (χ0) is 22.8. The summed E-state index contributed by atoms with van der Waals surface area (Å²) in [6.07, 6.45) is -4.30. The summed E-state index contributed by atoms with van der Waals surface area (Å²) in [5.74, 6) is 0.409. The predicted octanol–water partition coefficient (Wildman–Crippen LogP) is 6.57. The first kappa shape index (κ1) is 23.1. The lowest BCUT2D eigenvalue weighted by atomic mass is 10.1. The molecule has 0 saturated heterocycles. The molecule has 164 valence electrons. The van der Waals surface area contributed by atoms with Gasteiger partial charge in [0.05, 0.1) is 17.0 Å². The molecule has 31 heavy (non-hydrogen) atoms. The smallest absolute Gasteiger partial charge is 0.416 e. The Morgan fingerprint density at radius 2 is 1.65 bits per heavy atom. The lowest BCUT2D eigenvalue weighted by Gasteiger charge is -2.09. The average Bonchev–Trinajstić information content (AvgIpc) is 2.98. The van der Waals surface area contributed by atoms with Gasteiger partial charge in [0.1, 0.15) is 11.5 Å². The third-order valence-corrected chi connectivity index (χ3v) is 6.34. The van der Waals surface area contributed by atoms with E-state index in [9.17, 15) is 18.0 Å². The van der Waals surface area contributed by atoms with Gasteiger partial charge in [-0.15, -0.1) is 0 Å². The van der Waals surface area contributed by atoms with E-state index in [1.54, 1.807) is 24.3 Å². The third-order valence-electron chi connectivity index (χ3n) is 4.41. The van der Waals surface area contributed by atoms with Crippen LogP contribution in [0.3, 0.4) is 0 Å². The van der Waals surface area contributed by atoms with Crippen molar-refractivity contribution < 1.29 is 22.7 Å². The van der Waals surface area contributed by atoms with Gasteiger partial charge in [-0.25, -0.2) is 0 Å². The minimum absolute atomic E-state index is 0.0928. The lowest BCUT2D eigenvalue weighted by Crippen LogP contribution is -2.06. The Bertz CT molecular complexity index is 1130. The van der Waals surface area contributed by atoms with Gasteiger partial charge in [-0.3, -0.25) is 8.75 Å². The predicted molar refractivity (Wildman–Crippen MR) is 115 cm³/mol. The number of ether oxygens (including phenoxy) is 1. The van der Waals surface area contributed by atoms with Crippen LogP contribution in [0.1, 0.15) is 36.7 Å². The average molecular weight is 469 g/mol. The maximum Gasteiger partial charge on any atom is 0.416 e. The SMILES string of the molecule is Cc1c(Cl)c(=NC(=O)Cc2ccc(Oc3ccc(C(F)(F)F)cc3)cc2)sn1C(C)C. The number of hydrogen-bond acceptors (Lipinski definition) is 3. The largest absolute Gasteiger partial charge is 0.457 e. The number of nitrogens with zero attached hydrogens (tertiary/aromatic N) is 2. The molecule has 1 heterocycles. The second-order valence-electron chi connectivity index (χ2n) is 7.17. The maximum atomic E-state index is 12.6. The second-order valence-corrected chi connectivity index (χ2v) is 8.51. The summed E-state index contributed by atoms with van der Waals surface area (Å²) in [4.78, 5) is 16.5. The molecule has 1 aromatic heterocycles. The fourth-order valence-corrected chi connectivity index (χ4v) is 4.15. The third kappa shape index (κ3) is 5.77. The summed E-state index contributed by atoms with van der Waals surface area (Å²) < 4.78 is 45.9. The van der Waals surface area contributed by atoms with E-state index >= 15 is 0 Å². The number of halogens is 4. The van der Waals surface area contributed by atoms with Crippen LogP contribution in [0.5, 0.6) is 11.5 Å². The van der Waals surface area contributed by atoms with E-state index in [-0.39, 0.29) is 24.1 Å². The van der Waals surface area contributed by atoms with Crippen LogP contribution >= 0.6 is 23.1 Å². The van der Waals surface area contributed by atoms with Crippen molar-refractivity contribution in [2.24, 2.45) is 4.99 Å². The molecule has 0 N–H and O–H groups in total. The zero-order valence-electron chi connectivity index (χ0n) is 17.0. The summed E-state index contributed by atoms with van der Waals surface area (Å²) >= 11 is 7.65. The van der Waals surface area contributed by atoms with Crippen LogP contribution in [0, 0.1) is 6.92 Å². The Hall–Kier alpha value is -2.58. The summed E-state index contributed by atoms with van der Waals surface area (Å²) in [5.41, 5.74) is 0.866. The van der Waals surface area contributed by atoms with Gasteiger partial charge in [0.2, 0.25) is 0 Å². The number of aromatic nitrogens is 1. The Morgan fingerprint density at radius 1 is 1.10 bits per heavy atom. The van der Waals surface area contributed by atoms with Crippen LogP contribution in [0.2, 0.25) is 5.02 Å². The van der Waals surface area contributed by atoms with Crippen molar-refractivity contribution in [3.05, 3.63) is 75.0 Å². The molecular formula is C22H20ClF3N2O2S. The molecule has 1 amide bonds. The fraction of sp³-hybridized carbons (Fsp3) is 0.273. The first-order chi connectivity index (χ1) is 14.5. The quantitative estimate of drug-likeness (QED) is 0.425. The number of hydrogen-bond donors (Lipinski definition) is 0. The van der Waals surface area contributed by atoms with Crippen molar-refractivity contribution in [1.29, 1.82) is 0 Å². The molecule has 0 aliphatic heterocycles. The Balaban J connectivity index is 1.67. The number of benzene rings is 2. The number of carbonyl (C=O) groups excluding carboxylic acids is 1. The van der Waals surface area contributed by atoms with Gasteiger partial charge in [-0.1, -0.05) is 23.7 Å². The number of amides is 1. The van der Waals surface area contributed by atoms with E-state index in [1.807, 2.05) is 24.7 Å². The molecule has 0 aliphatic carbocycles. The van der Waals surface area contributed by atoms with Crippen molar-refractivity contribution in [3.63, 3.8) is 0 Å². The van der Waals surface area contributed by atoms with Gasteiger partial charge in [0, 0.05) is 11.7 Å². The van der Waals surface area contributed by atoms with Gasteiger partial charge < -0.3 is 4.74 Å². The Kier molecular flexibility index (Phi) is 6.91. The van der Waals surface area contributed by atoms with E-state index in [1.165, 1.54) is 23.7 Å². The Labute approximate surface area is 186 Å². The molecular weight excluding hydrogens is 449 g/mol. The van der Waals surface area contributed by atoms with Crippen molar-refractivity contribution in [3.8, 4) is 11.5 Å². The van der Waals surface area contributed by atoms with Crippen LogP contribution < -0.4 is 9.41 Å². The van der Waals surface area contributed by atoms with Crippen molar-refractivity contribution >= 4 is 29.0 Å². The number of alkyl halides is 3. The molecule has 0 unspecified atom stereocenters. The number of carbonyl (C=O) groups is 1. The standard InChI is InChI=1S/C22H20ClF3N2O2S/c1-13(2)28-14(3)20(23)21(31-28)27-19(29)12-15-4-8-17(9-5-15)30-18-10-6-16(7-11-18)22(24,25)26/h4-11,13H,12H2,1-3H3. The molecule has 0 radical (unpaired) electrons. The molecule has 0 bridgehead atoms. The molecule has 0 fully saturated rings. The van der Waals surface area contributed by atoms with E-state index in [0.29, 0.717) is 15.4 Å².